The van der Waals surface area contributed by atoms with E-state index in [4.69, 9.17) is 4.74 Å². The van der Waals surface area contributed by atoms with Crippen LogP contribution < -0.4 is 4.74 Å². The Balaban J connectivity index is 0.00000196. The molecular formula is C19H29ClN2O3S. The van der Waals surface area contributed by atoms with Crippen molar-refractivity contribution in [2.75, 3.05) is 32.5 Å². The summed E-state index contributed by atoms with van der Waals surface area (Å²) in [6.07, 6.45) is 5.47. The molecule has 0 radical (unpaired) electrons. The molecule has 3 heterocycles. The molecule has 0 aliphatic carbocycles. The Kier molecular flexibility index (Phi) is 5.87. The summed E-state index contributed by atoms with van der Waals surface area (Å²) in [5, 5.41) is 0. The highest BCUT2D eigenvalue weighted by Crippen LogP contribution is 2.43. The van der Waals surface area contributed by atoms with Crippen molar-refractivity contribution in [3.63, 3.8) is 0 Å². The van der Waals surface area contributed by atoms with Crippen LogP contribution in [0.1, 0.15) is 43.4 Å². The van der Waals surface area contributed by atoms with Gasteiger partial charge in [-0.1, -0.05) is 6.07 Å². The number of sulfonamides is 1. The van der Waals surface area contributed by atoms with Crippen molar-refractivity contribution in [1.29, 1.82) is 0 Å². The second-order valence-corrected chi connectivity index (χ2v) is 9.57. The van der Waals surface area contributed by atoms with Crippen LogP contribution in [0.5, 0.6) is 5.75 Å². The molecule has 0 unspecified atom stereocenters. The molecule has 1 aromatic rings. The Bertz CT molecular complexity index is 755. The molecule has 3 aliphatic heterocycles. The summed E-state index contributed by atoms with van der Waals surface area (Å²) < 4.78 is 32.0. The molecular weight excluding hydrogens is 372 g/mol. The van der Waals surface area contributed by atoms with E-state index in [2.05, 4.69) is 23.1 Å². The van der Waals surface area contributed by atoms with Crippen LogP contribution in [0.2, 0.25) is 0 Å². The van der Waals surface area contributed by atoms with E-state index in [9.17, 15) is 8.42 Å². The minimum Gasteiger partial charge on any atom is -0.494 e. The number of hydrogen-bond donors (Lipinski definition) is 0. The van der Waals surface area contributed by atoms with Gasteiger partial charge in [-0.05, 0) is 61.8 Å². The van der Waals surface area contributed by atoms with Crippen LogP contribution in [0.4, 0.5) is 0 Å². The third-order valence-corrected chi connectivity index (χ3v) is 7.43. The Hall–Kier alpha value is -0.820. The van der Waals surface area contributed by atoms with Gasteiger partial charge in [0.1, 0.15) is 5.75 Å². The number of fused-ring (bicyclic) bond motifs is 4. The minimum absolute atomic E-state index is 0. The maximum Gasteiger partial charge on any atom is 0.211 e. The molecule has 146 valence electrons. The lowest BCUT2D eigenvalue weighted by Crippen LogP contribution is -2.57. The third-order valence-electron chi connectivity index (χ3n) is 6.12. The maximum absolute atomic E-state index is 12.3. The Morgan fingerprint density at radius 3 is 2.81 bits per heavy atom. The first-order chi connectivity index (χ1) is 12.0. The first-order valence-electron chi connectivity index (χ1n) is 9.44. The van der Waals surface area contributed by atoms with Crippen molar-refractivity contribution in [1.82, 2.24) is 9.21 Å². The molecule has 0 amide bonds. The molecule has 3 aliphatic rings. The van der Waals surface area contributed by atoms with E-state index in [-0.39, 0.29) is 18.4 Å². The van der Waals surface area contributed by atoms with Gasteiger partial charge in [0.05, 0.1) is 12.9 Å². The predicted octanol–water partition coefficient (Wildman–Crippen LogP) is 2.85. The normalized spacial score (nSPS) is 29.1. The highest BCUT2D eigenvalue weighted by molar-refractivity contribution is 7.88. The van der Waals surface area contributed by atoms with Gasteiger partial charge in [-0.3, -0.25) is 4.90 Å². The molecule has 4 rings (SSSR count). The van der Waals surface area contributed by atoms with Crippen molar-refractivity contribution in [2.24, 2.45) is 5.92 Å². The fourth-order valence-corrected chi connectivity index (χ4v) is 6.27. The van der Waals surface area contributed by atoms with Crippen LogP contribution in [0.3, 0.4) is 0 Å². The van der Waals surface area contributed by atoms with Gasteiger partial charge in [-0.25, -0.2) is 8.42 Å². The number of nitrogens with zero attached hydrogens (tertiary/aromatic N) is 2. The predicted molar refractivity (Wildman–Crippen MR) is 106 cm³/mol. The van der Waals surface area contributed by atoms with E-state index < -0.39 is 10.0 Å². The van der Waals surface area contributed by atoms with E-state index in [1.807, 2.05) is 6.92 Å². The molecule has 1 aromatic carbocycles. The lowest BCUT2D eigenvalue weighted by atomic mass is 9.77. The number of piperidine rings is 2. The summed E-state index contributed by atoms with van der Waals surface area (Å²) in [7, 11) is -3.13. The van der Waals surface area contributed by atoms with Crippen LogP contribution in [0, 0.1) is 5.92 Å². The molecule has 26 heavy (non-hydrogen) atoms. The molecule has 0 saturated carbocycles. The summed E-state index contributed by atoms with van der Waals surface area (Å²) >= 11 is 0. The van der Waals surface area contributed by atoms with E-state index in [0.29, 0.717) is 25.1 Å². The van der Waals surface area contributed by atoms with Crippen molar-refractivity contribution in [3.05, 3.63) is 29.3 Å². The highest BCUT2D eigenvalue weighted by Gasteiger charge is 2.44. The summed E-state index contributed by atoms with van der Waals surface area (Å²) in [6.45, 7) is 5.46. The Labute approximate surface area is 163 Å². The molecule has 2 saturated heterocycles. The lowest BCUT2D eigenvalue weighted by Gasteiger charge is -2.51. The Morgan fingerprint density at radius 2 is 2.08 bits per heavy atom. The quantitative estimate of drug-likeness (QED) is 0.782. The van der Waals surface area contributed by atoms with Gasteiger partial charge in [-0.2, -0.15) is 4.31 Å². The topological polar surface area (TPSA) is 49.9 Å². The van der Waals surface area contributed by atoms with Gasteiger partial charge in [0.2, 0.25) is 10.0 Å². The van der Waals surface area contributed by atoms with Crippen LogP contribution in [0.15, 0.2) is 18.2 Å². The molecule has 0 aromatic heterocycles. The van der Waals surface area contributed by atoms with Crippen LogP contribution >= 0.6 is 12.4 Å². The summed E-state index contributed by atoms with van der Waals surface area (Å²) in [6, 6.07) is 6.93. The van der Waals surface area contributed by atoms with Gasteiger partial charge in [0.15, 0.2) is 0 Å². The fourth-order valence-electron chi connectivity index (χ4n) is 5.06. The number of ether oxygens (including phenoxy) is 1. The van der Waals surface area contributed by atoms with Gasteiger partial charge in [0.25, 0.3) is 0 Å². The maximum atomic E-state index is 12.3. The van der Waals surface area contributed by atoms with Crippen molar-refractivity contribution >= 4 is 22.4 Å². The molecule has 0 spiro atoms. The van der Waals surface area contributed by atoms with E-state index in [1.54, 1.807) is 4.31 Å². The molecule has 7 heteroatoms. The second-order valence-electron chi connectivity index (χ2n) is 7.63. The monoisotopic (exact) mass is 400 g/mol. The zero-order valence-electron chi connectivity index (χ0n) is 15.6. The van der Waals surface area contributed by atoms with Crippen LogP contribution in [-0.2, 0) is 16.4 Å². The van der Waals surface area contributed by atoms with Crippen LogP contribution in [0.25, 0.3) is 0 Å². The zero-order valence-corrected chi connectivity index (χ0v) is 17.2. The average Bonchev–Trinajstić information content (AvgIpc) is 2.58. The number of hydrogen-bond acceptors (Lipinski definition) is 4. The standard InChI is InChI=1S/C19H28N2O3S.ClH/c1-3-24-16-6-7-17-14(11-16)8-10-20-13-15-5-4-9-21(25(2,22)23)18(15)12-19(17)20;/h6-7,11,15,18-19H,3-5,8-10,12-13H2,1-2H3;1H/t15-,18+,19+;/m1./s1. The largest absolute Gasteiger partial charge is 0.494 e. The summed E-state index contributed by atoms with van der Waals surface area (Å²) in [5.74, 6) is 1.42. The molecule has 5 nitrogen and oxygen atoms in total. The van der Waals surface area contributed by atoms with Crippen molar-refractivity contribution < 1.29 is 13.2 Å². The molecule has 3 atom stereocenters. The molecule has 0 bridgehead atoms. The lowest BCUT2D eigenvalue weighted by molar-refractivity contribution is 0.0222. The number of halogens is 1. The average molecular weight is 401 g/mol. The van der Waals surface area contributed by atoms with E-state index in [1.165, 1.54) is 17.4 Å². The summed E-state index contributed by atoms with van der Waals surface area (Å²) in [4.78, 5) is 2.58. The van der Waals surface area contributed by atoms with Gasteiger partial charge < -0.3 is 4.74 Å². The first-order valence-corrected chi connectivity index (χ1v) is 11.3. The zero-order chi connectivity index (χ0) is 17.6. The smallest absolute Gasteiger partial charge is 0.211 e. The SMILES string of the molecule is CCOc1ccc2c(c1)CCN1C[C@H]3CCCN(S(C)(=O)=O)[C@H]3C[C@@H]21.Cl. The van der Waals surface area contributed by atoms with Gasteiger partial charge in [-0.15, -0.1) is 12.4 Å². The van der Waals surface area contributed by atoms with Gasteiger partial charge in [0, 0.05) is 31.7 Å². The van der Waals surface area contributed by atoms with Gasteiger partial charge >= 0.3 is 0 Å². The number of rotatable bonds is 3. The second kappa shape index (κ2) is 7.66. The highest BCUT2D eigenvalue weighted by atomic mass is 35.5. The summed E-state index contributed by atoms with van der Waals surface area (Å²) in [5.41, 5.74) is 2.74. The first kappa shape index (κ1) is 19.9. The fraction of sp³-hybridized carbons (Fsp3) is 0.684. The van der Waals surface area contributed by atoms with Crippen molar-refractivity contribution in [2.45, 2.75) is 44.7 Å². The molecule has 0 N–H and O–H groups in total. The van der Waals surface area contributed by atoms with E-state index >= 15 is 0 Å². The Morgan fingerprint density at radius 1 is 1.27 bits per heavy atom. The third kappa shape index (κ3) is 3.61. The van der Waals surface area contributed by atoms with Crippen LogP contribution in [-0.4, -0.2) is 56.2 Å². The van der Waals surface area contributed by atoms with E-state index in [0.717, 1.165) is 44.5 Å². The minimum atomic E-state index is -3.13. The molecule has 2 fully saturated rings. The number of benzene rings is 1. The van der Waals surface area contributed by atoms with Crippen molar-refractivity contribution in [3.8, 4) is 5.75 Å².